The van der Waals surface area contributed by atoms with Crippen LogP contribution < -0.4 is 0 Å². The quantitative estimate of drug-likeness (QED) is 0.739. The number of carboxylic acids is 1. The van der Waals surface area contributed by atoms with Crippen molar-refractivity contribution in [2.45, 2.75) is 13.3 Å². The first-order valence-corrected chi connectivity index (χ1v) is 5.31. The molecule has 1 fully saturated rings. The van der Waals surface area contributed by atoms with Crippen LogP contribution in [0.1, 0.15) is 13.3 Å². The molecule has 0 radical (unpaired) electrons. The van der Waals surface area contributed by atoms with E-state index >= 15 is 0 Å². The van der Waals surface area contributed by atoms with Crippen LogP contribution in [0.15, 0.2) is 12.7 Å². The zero-order chi connectivity index (χ0) is 12.1. The fourth-order valence-corrected chi connectivity index (χ4v) is 1.78. The third-order valence-corrected chi connectivity index (χ3v) is 2.86. The first-order valence-electron chi connectivity index (χ1n) is 5.31. The third-order valence-electron chi connectivity index (χ3n) is 2.86. The van der Waals surface area contributed by atoms with Gasteiger partial charge in [-0.2, -0.15) is 0 Å². The van der Waals surface area contributed by atoms with Gasteiger partial charge in [0.25, 0.3) is 0 Å². The number of carbonyl (C=O) groups is 2. The number of likely N-dealkylation sites (tertiary alicyclic amines) is 1. The molecule has 5 nitrogen and oxygen atoms in total. The van der Waals surface area contributed by atoms with Crippen molar-refractivity contribution in [1.29, 1.82) is 0 Å². The Balaban J connectivity index is 2.54. The van der Waals surface area contributed by atoms with E-state index in [2.05, 4.69) is 6.58 Å². The topological polar surface area (TPSA) is 66.8 Å². The SMILES string of the molecule is C=CCOC(=O)N1CCC(C)C(C(=O)O)C1. The van der Waals surface area contributed by atoms with Crippen LogP contribution in [0, 0.1) is 11.8 Å². The first kappa shape index (κ1) is 12.5. The van der Waals surface area contributed by atoms with Crippen molar-refractivity contribution in [1.82, 2.24) is 4.90 Å². The molecule has 90 valence electrons. The highest BCUT2D eigenvalue weighted by atomic mass is 16.6. The number of nitrogens with zero attached hydrogens (tertiary/aromatic N) is 1. The maximum Gasteiger partial charge on any atom is 0.410 e. The van der Waals surface area contributed by atoms with Gasteiger partial charge in [0, 0.05) is 13.1 Å². The van der Waals surface area contributed by atoms with Crippen LogP contribution in [-0.2, 0) is 9.53 Å². The summed E-state index contributed by atoms with van der Waals surface area (Å²) in [6.45, 7) is 6.28. The molecule has 0 aromatic carbocycles. The van der Waals surface area contributed by atoms with E-state index < -0.39 is 18.0 Å². The van der Waals surface area contributed by atoms with E-state index in [1.54, 1.807) is 0 Å². The van der Waals surface area contributed by atoms with Gasteiger partial charge in [0.1, 0.15) is 6.61 Å². The Kier molecular flexibility index (Phi) is 4.34. The predicted octanol–water partition coefficient (Wildman–Crippen LogP) is 1.35. The van der Waals surface area contributed by atoms with Gasteiger partial charge >= 0.3 is 12.1 Å². The number of hydrogen-bond donors (Lipinski definition) is 1. The lowest BCUT2D eigenvalue weighted by atomic mass is 9.87. The number of aliphatic carboxylic acids is 1. The van der Waals surface area contributed by atoms with Gasteiger partial charge in [-0.05, 0) is 12.3 Å². The van der Waals surface area contributed by atoms with Gasteiger partial charge in [-0.15, -0.1) is 0 Å². The average Bonchev–Trinajstić information content (AvgIpc) is 2.26. The van der Waals surface area contributed by atoms with Crippen LogP contribution in [0.2, 0.25) is 0 Å². The molecule has 1 aliphatic heterocycles. The molecule has 1 amide bonds. The highest BCUT2D eigenvalue weighted by molar-refractivity contribution is 5.73. The lowest BCUT2D eigenvalue weighted by Gasteiger charge is -2.34. The molecule has 0 spiro atoms. The Morgan fingerprint density at radius 3 is 2.88 bits per heavy atom. The number of ether oxygens (including phenoxy) is 1. The van der Waals surface area contributed by atoms with Crippen LogP contribution >= 0.6 is 0 Å². The Morgan fingerprint density at radius 2 is 2.31 bits per heavy atom. The molecule has 16 heavy (non-hydrogen) atoms. The molecule has 1 aliphatic rings. The van der Waals surface area contributed by atoms with Crippen LogP contribution in [0.25, 0.3) is 0 Å². The van der Waals surface area contributed by atoms with Crippen molar-refractivity contribution in [3.05, 3.63) is 12.7 Å². The Morgan fingerprint density at radius 1 is 1.62 bits per heavy atom. The summed E-state index contributed by atoms with van der Waals surface area (Å²) in [5, 5.41) is 8.99. The van der Waals surface area contributed by atoms with Gasteiger partial charge in [-0.3, -0.25) is 4.79 Å². The first-order chi connectivity index (χ1) is 7.56. The minimum absolute atomic E-state index is 0.0981. The zero-order valence-electron chi connectivity index (χ0n) is 9.39. The largest absolute Gasteiger partial charge is 0.481 e. The summed E-state index contributed by atoms with van der Waals surface area (Å²) in [5.41, 5.74) is 0. The van der Waals surface area contributed by atoms with Crippen LogP contribution in [0.3, 0.4) is 0 Å². The average molecular weight is 227 g/mol. The van der Waals surface area contributed by atoms with E-state index in [1.807, 2.05) is 6.92 Å². The van der Waals surface area contributed by atoms with E-state index in [4.69, 9.17) is 9.84 Å². The van der Waals surface area contributed by atoms with Crippen LogP contribution in [-0.4, -0.2) is 41.8 Å². The predicted molar refractivity (Wildman–Crippen MR) is 58.0 cm³/mol. The van der Waals surface area contributed by atoms with E-state index in [1.165, 1.54) is 11.0 Å². The monoisotopic (exact) mass is 227 g/mol. The van der Waals surface area contributed by atoms with E-state index in [-0.39, 0.29) is 19.1 Å². The molecule has 0 aliphatic carbocycles. The molecule has 1 N–H and O–H groups in total. The van der Waals surface area contributed by atoms with Gasteiger partial charge in [-0.1, -0.05) is 19.6 Å². The van der Waals surface area contributed by atoms with Crippen molar-refractivity contribution >= 4 is 12.1 Å². The molecule has 0 saturated carbocycles. The maximum atomic E-state index is 11.5. The lowest BCUT2D eigenvalue weighted by Crippen LogP contribution is -2.46. The summed E-state index contributed by atoms with van der Waals surface area (Å²) in [7, 11) is 0. The van der Waals surface area contributed by atoms with Gasteiger partial charge in [-0.25, -0.2) is 4.79 Å². The Labute approximate surface area is 94.7 Å². The second kappa shape index (κ2) is 5.53. The molecule has 2 unspecified atom stereocenters. The van der Waals surface area contributed by atoms with Gasteiger partial charge in [0.05, 0.1) is 5.92 Å². The fourth-order valence-electron chi connectivity index (χ4n) is 1.78. The molecule has 0 aromatic heterocycles. The minimum Gasteiger partial charge on any atom is -0.481 e. The molecule has 1 heterocycles. The molecule has 1 saturated heterocycles. The number of amides is 1. The molecular weight excluding hydrogens is 210 g/mol. The van der Waals surface area contributed by atoms with Crippen LogP contribution in [0.5, 0.6) is 0 Å². The summed E-state index contributed by atoms with van der Waals surface area (Å²) < 4.78 is 4.87. The lowest BCUT2D eigenvalue weighted by molar-refractivity contribution is -0.145. The van der Waals surface area contributed by atoms with Crippen molar-refractivity contribution in [2.24, 2.45) is 11.8 Å². The smallest absolute Gasteiger partial charge is 0.410 e. The summed E-state index contributed by atoms with van der Waals surface area (Å²) in [4.78, 5) is 23.9. The van der Waals surface area contributed by atoms with E-state index in [0.717, 1.165) is 0 Å². The van der Waals surface area contributed by atoms with Gasteiger partial charge in [0.2, 0.25) is 0 Å². The molecule has 2 atom stereocenters. The van der Waals surface area contributed by atoms with Gasteiger partial charge in [0.15, 0.2) is 0 Å². The summed E-state index contributed by atoms with van der Waals surface area (Å²) in [6, 6.07) is 0. The second-order valence-corrected chi connectivity index (χ2v) is 4.02. The van der Waals surface area contributed by atoms with Crippen molar-refractivity contribution < 1.29 is 19.4 Å². The normalized spacial score (nSPS) is 24.9. The molecular formula is C11H17NO4. The minimum atomic E-state index is -0.853. The molecule has 1 rings (SSSR count). The number of hydrogen-bond acceptors (Lipinski definition) is 3. The highest BCUT2D eigenvalue weighted by Crippen LogP contribution is 2.23. The Bertz CT molecular complexity index is 290. The maximum absolute atomic E-state index is 11.5. The van der Waals surface area contributed by atoms with Crippen molar-refractivity contribution in [3.63, 3.8) is 0 Å². The second-order valence-electron chi connectivity index (χ2n) is 4.02. The van der Waals surface area contributed by atoms with E-state index in [0.29, 0.717) is 13.0 Å². The summed E-state index contributed by atoms with van der Waals surface area (Å²) >= 11 is 0. The van der Waals surface area contributed by atoms with Crippen molar-refractivity contribution in [2.75, 3.05) is 19.7 Å². The number of rotatable bonds is 3. The summed E-state index contributed by atoms with van der Waals surface area (Å²) in [6.07, 6.45) is 1.72. The number of carbonyl (C=O) groups excluding carboxylic acids is 1. The molecule has 0 aromatic rings. The van der Waals surface area contributed by atoms with Gasteiger partial charge < -0.3 is 14.7 Å². The van der Waals surface area contributed by atoms with Crippen LogP contribution in [0.4, 0.5) is 4.79 Å². The standard InChI is InChI=1S/C11H17NO4/c1-3-6-16-11(15)12-5-4-8(2)9(7-12)10(13)14/h3,8-9H,1,4-7H2,2H3,(H,13,14). The zero-order valence-corrected chi connectivity index (χ0v) is 9.39. The Hall–Kier alpha value is -1.52. The molecule has 5 heteroatoms. The number of piperidine rings is 1. The van der Waals surface area contributed by atoms with E-state index in [9.17, 15) is 9.59 Å². The van der Waals surface area contributed by atoms with Crippen molar-refractivity contribution in [3.8, 4) is 0 Å². The fraction of sp³-hybridized carbons (Fsp3) is 0.636. The highest BCUT2D eigenvalue weighted by Gasteiger charge is 2.33. The third kappa shape index (κ3) is 2.98. The molecule has 0 bridgehead atoms. The summed E-state index contributed by atoms with van der Waals surface area (Å²) in [5.74, 6) is -1.25. The number of carboxylic acid groups (broad SMARTS) is 1.